The zero-order chi connectivity index (χ0) is 23.3. The third-order valence-electron chi connectivity index (χ3n) is 5.24. The molecule has 0 saturated carbocycles. The van der Waals surface area contributed by atoms with Gasteiger partial charge in [-0.25, -0.2) is 0 Å². The van der Waals surface area contributed by atoms with Crippen molar-refractivity contribution in [2.75, 3.05) is 0 Å². The lowest BCUT2D eigenvalue weighted by Gasteiger charge is -2.38. The molecule has 1 aliphatic heterocycles. The Morgan fingerprint density at radius 2 is 1.56 bits per heavy atom. The van der Waals surface area contributed by atoms with Gasteiger partial charge in [0.1, 0.15) is 35.2 Å². The second kappa shape index (κ2) is 7.88. The predicted octanol–water partition coefficient (Wildman–Crippen LogP) is 0.489. The summed E-state index contributed by atoms with van der Waals surface area (Å²) in [4.78, 5) is 12.6. The van der Waals surface area contributed by atoms with Crippen LogP contribution < -0.4 is 10.2 Å². The van der Waals surface area contributed by atoms with Crippen molar-refractivity contribution >= 4 is 11.0 Å². The maximum atomic E-state index is 12.6. The van der Waals surface area contributed by atoms with Crippen molar-refractivity contribution in [2.45, 2.75) is 37.6 Å². The molecule has 11 nitrogen and oxygen atoms in total. The molecule has 2 aromatic carbocycles. The van der Waals surface area contributed by atoms with Crippen LogP contribution in [0.25, 0.3) is 22.3 Å². The van der Waals surface area contributed by atoms with E-state index in [0.29, 0.717) is 0 Å². The topological polar surface area (TPSA) is 190 Å². The van der Waals surface area contributed by atoms with E-state index in [4.69, 9.17) is 13.9 Å². The number of phenolic OH excluding ortho intramolecular Hbond substituents is 3. The van der Waals surface area contributed by atoms with Gasteiger partial charge in [-0.1, -0.05) is 0 Å². The van der Waals surface area contributed by atoms with Gasteiger partial charge >= 0.3 is 0 Å². The second-order valence-corrected chi connectivity index (χ2v) is 7.40. The van der Waals surface area contributed by atoms with E-state index in [0.717, 1.165) is 6.07 Å². The number of aromatic hydroxyl groups is 4. The van der Waals surface area contributed by atoms with E-state index < -0.39 is 70.1 Å². The number of aliphatic hydroxyl groups excluding tert-OH is 3. The van der Waals surface area contributed by atoms with E-state index in [-0.39, 0.29) is 17.1 Å². The van der Waals surface area contributed by atoms with Crippen molar-refractivity contribution in [2.24, 2.45) is 0 Å². The fourth-order valence-corrected chi connectivity index (χ4v) is 3.44. The Kier molecular flexibility index (Phi) is 5.34. The molecule has 2 heterocycles. The van der Waals surface area contributed by atoms with Crippen LogP contribution in [0.4, 0.5) is 0 Å². The Labute approximate surface area is 179 Å². The summed E-state index contributed by atoms with van der Waals surface area (Å²) in [7, 11) is 0. The smallest absolute Gasteiger partial charge is 0.238 e. The van der Waals surface area contributed by atoms with Gasteiger partial charge in [0, 0.05) is 11.6 Å². The number of ether oxygens (including phenoxy) is 2. The summed E-state index contributed by atoms with van der Waals surface area (Å²) in [6.45, 7) is 1.43. The summed E-state index contributed by atoms with van der Waals surface area (Å²) in [5.74, 6) is -3.15. The van der Waals surface area contributed by atoms with Gasteiger partial charge in [-0.05, 0) is 31.2 Å². The minimum absolute atomic E-state index is 0.0693. The van der Waals surface area contributed by atoms with E-state index in [9.17, 15) is 40.5 Å². The molecule has 2 unspecified atom stereocenters. The summed E-state index contributed by atoms with van der Waals surface area (Å²) in [6.07, 6.45) is -7.14. The molecular weight excluding hydrogens is 428 g/mol. The molecule has 1 aromatic heterocycles. The van der Waals surface area contributed by atoms with Crippen LogP contribution in [0, 0.1) is 0 Å². The van der Waals surface area contributed by atoms with Gasteiger partial charge in [0.25, 0.3) is 0 Å². The molecule has 1 aliphatic rings. The minimum atomic E-state index is -1.70. The first-order valence-electron chi connectivity index (χ1n) is 9.50. The van der Waals surface area contributed by atoms with Crippen LogP contribution in [-0.4, -0.2) is 66.5 Å². The Bertz CT molecular complexity index is 1220. The highest BCUT2D eigenvalue weighted by molar-refractivity contribution is 5.93. The van der Waals surface area contributed by atoms with Gasteiger partial charge in [0.2, 0.25) is 23.2 Å². The monoisotopic (exact) mass is 448 g/mol. The Balaban J connectivity index is 1.82. The number of hydrogen-bond acceptors (Lipinski definition) is 11. The van der Waals surface area contributed by atoms with Crippen LogP contribution in [-0.2, 0) is 4.74 Å². The highest BCUT2D eigenvalue weighted by Gasteiger charge is 2.43. The summed E-state index contributed by atoms with van der Waals surface area (Å²) in [5, 5.41) is 70.0. The second-order valence-electron chi connectivity index (χ2n) is 7.40. The molecule has 0 aliphatic carbocycles. The van der Waals surface area contributed by atoms with E-state index >= 15 is 0 Å². The molecule has 5 atom stereocenters. The first-order chi connectivity index (χ1) is 15.1. The molecule has 3 aromatic rings. The largest absolute Gasteiger partial charge is 0.508 e. The van der Waals surface area contributed by atoms with Crippen LogP contribution in [0.3, 0.4) is 0 Å². The normalized spacial score (nSPS) is 25.7. The van der Waals surface area contributed by atoms with E-state index in [1.807, 2.05) is 0 Å². The summed E-state index contributed by atoms with van der Waals surface area (Å²) in [5.41, 5.74) is -1.36. The molecule has 11 heteroatoms. The molecule has 4 rings (SSSR count). The summed E-state index contributed by atoms with van der Waals surface area (Å²) in [6, 6.07) is 6.15. The maximum Gasteiger partial charge on any atom is 0.238 e. The number of benzene rings is 2. The van der Waals surface area contributed by atoms with Gasteiger partial charge in [-0.2, -0.15) is 0 Å². The Morgan fingerprint density at radius 1 is 0.906 bits per heavy atom. The molecule has 170 valence electrons. The lowest BCUT2D eigenvalue weighted by Crippen LogP contribution is -2.58. The number of hydrogen-bond donors (Lipinski definition) is 7. The van der Waals surface area contributed by atoms with Crippen LogP contribution in [0.2, 0.25) is 0 Å². The highest BCUT2D eigenvalue weighted by Crippen LogP contribution is 2.43. The molecule has 7 N–H and O–H groups in total. The van der Waals surface area contributed by atoms with Crippen LogP contribution in [0.1, 0.15) is 6.92 Å². The zero-order valence-corrected chi connectivity index (χ0v) is 16.5. The van der Waals surface area contributed by atoms with Crippen molar-refractivity contribution < 1.29 is 49.6 Å². The molecule has 0 bridgehead atoms. The van der Waals surface area contributed by atoms with E-state index in [2.05, 4.69) is 0 Å². The lowest BCUT2D eigenvalue weighted by atomic mass is 10.00. The van der Waals surface area contributed by atoms with Crippen LogP contribution in [0.15, 0.2) is 39.5 Å². The molecule has 0 amide bonds. The van der Waals surface area contributed by atoms with Gasteiger partial charge < -0.3 is 49.6 Å². The zero-order valence-electron chi connectivity index (χ0n) is 16.5. The van der Waals surface area contributed by atoms with Crippen molar-refractivity contribution in [3.05, 3.63) is 40.6 Å². The van der Waals surface area contributed by atoms with Gasteiger partial charge in [-0.3, -0.25) is 4.79 Å². The van der Waals surface area contributed by atoms with Crippen LogP contribution in [0.5, 0.6) is 28.7 Å². The average molecular weight is 448 g/mol. The number of aliphatic hydroxyl groups is 3. The average Bonchev–Trinajstić information content (AvgIpc) is 2.76. The molecule has 32 heavy (non-hydrogen) atoms. The van der Waals surface area contributed by atoms with Crippen molar-refractivity contribution in [1.29, 1.82) is 0 Å². The number of rotatable bonds is 3. The molecule has 1 fully saturated rings. The van der Waals surface area contributed by atoms with Crippen molar-refractivity contribution in [1.82, 2.24) is 0 Å². The van der Waals surface area contributed by atoms with Crippen LogP contribution >= 0.6 is 0 Å². The van der Waals surface area contributed by atoms with E-state index in [1.165, 1.54) is 31.2 Å². The SMILES string of the molecule is CC1O[C@@H](Oc2cc(O)c3c(=O)c(O)c(-c4ccc(O)cc4)oc3c2O)C(O)[C@@H](O)[C@H]1O. The standard InChI is InChI=1S/C21H20O11/c1-7-13(24)16(27)18(29)21(30-7)31-11-6-10(23)12-15(26)17(28)19(32-20(12)14(11)25)8-2-4-9(22)5-3-8/h2-7,13,16,18,21-25,27-29H,1H3/t7?,13-,16-,18?,21-/m0/s1. The van der Waals surface area contributed by atoms with Crippen molar-refractivity contribution in [3.63, 3.8) is 0 Å². The highest BCUT2D eigenvalue weighted by atomic mass is 16.7. The fraction of sp³-hybridized carbons (Fsp3) is 0.286. The first-order valence-corrected chi connectivity index (χ1v) is 9.50. The van der Waals surface area contributed by atoms with Gasteiger partial charge in [0.05, 0.1) is 6.10 Å². The third-order valence-corrected chi connectivity index (χ3v) is 5.24. The lowest BCUT2D eigenvalue weighted by molar-refractivity contribution is -0.268. The predicted molar refractivity (Wildman–Crippen MR) is 108 cm³/mol. The van der Waals surface area contributed by atoms with Gasteiger partial charge in [-0.15, -0.1) is 0 Å². The Morgan fingerprint density at radius 3 is 2.22 bits per heavy atom. The summed E-state index contributed by atoms with van der Waals surface area (Å²) >= 11 is 0. The van der Waals surface area contributed by atoms with E-state index in [1.54, 1.807) is 0 Å². The number of fused-ring (bicyclic) bond motifs is 1. The van der Waals surface area contributed by atoms with Crippen molar-refractivity contribution in [3.8, 4) is 40.1 Å². The summed E-state index contributed by atoms with van der Waals surface area (Å²) < 4.78 is 16.2. The Hall–Kier alpha value is -3.51. The maximum absolute atomic E-state index is 12.6. The minimum Gasteiger partial charge on any atom is -0.508 e. The fourth-order valence-electron chi connectivity index (χ4n) is 3.44. The molecule has 0 spiro atoms. The molecule has 1 saturated heterocycles. The quantitative estimate of drug-likeness (QED) is 0.276. The third kappa shape index (κ3) is 3.46. The molecular formula is C21H20O11. The molecule has 0 radical (unpaired) electrons. The first kappa shape index (κ1) is 21.7. The number of phenols is 3. The van der Waals surface area contributed by atoms with Gasteiger partial charge in [0.15, 0.2) is 17.1 Å².